The summed E-state index contributed by atoms with van der Waals surface area (Å²) in [4.78, 5) is 16.1. The van der Waals surface area contributed by atoms with Gasteiger partial charge in [0.15, 0.2) is 0 Å². The zero-order valence-corrected chi connectivity index (χ0v) is 11.5. The number of carbonyl (C=O) groups excluding carboxylic acids is 1. The zero-order valence-electron chi connectivity index (χ0n) is 11.5. The Hall–Kier alpha value is -2.63. The minimum absolute atomic E-state index is 0.0920. The molecule has 112 valence electrons. The number of benzene rings is 2. The lowest BCUT2D eigenvalue weighted by Gasteiger charge is -2.07. The maximum Gasteiger partial charge on any atom is 0.416 e. The van der Waals surface area contributed by atoms with Gasteiger partial charge < -0.3 is 5.32 Å². The quantitative estimate of drug-likeness (QED) is 0.847. The molecule has 0 aromatic heterocycles. The van der Waals surface area contributed by atoms with Crippen molar-refractivity contribution in [1.82, 2.24) is 0 Å². The first kappa shape index (κ1) is 14.3. The largest absolute Gasteiger partial charge is 0.416 e. The highest BCUT2D eigenvalue weighted by Crippen LogP contribution is 2.32. The van der Waals surface area contributed by atoms with Crippen LogP contribution in [0.3, 0.4) is 0 Å². The minimum atomic E-state index is -4.44. The number of halogens is 3. The summed E-state index contributed by atoms with van der Waals surface area (Å²) in [6.07, 6.45) is -4.44. The Morgan fingerprint density at radius 1 is 1.09 bits per heavy atom. The van der Waals surface area contributed by atoms with Gasteiger partial charge in [-0.05, 0) is 37.3 Å². The number of nitrogens with one attached hydrogen (secondary N) is 1. The van der Waals surface area contributed by atoms with Gasteiger partial charge in [0.2, 0.25) is 0 Å². The molecule has 6 heteroatoms. The van der Waals surface area contributed by atoms with E-state index >= 15 is 0 Å². The summed E-state index contributed by atoms with van der Waals surface area (Å²) in [7, 11) is 0. The summed E-state index contributed by atoms with van der Waals surface area (Å²) in [5, 5.41) is 2.65. The summed E-state index contributed by atoms with van der Waals surface area (Å²) in [5.74, 6) is -0.419. The molecule has 0 saturated heterocycles. The van der Waals surface area contributed by atoms with Crippen molar-refractivity contribution in [2.45, 2.75) is 13.1 Å². The Kier molecular flexibility index (Phi) is 3.24. The maximum atomic E-state index is 12.7. The average molecular weight is 304 g/mol. The van der Waals surface area contributed by atoms with E-state index in [-0.39, 0.29) is 11.4 Å². The Balaban J connectivity index is 2.07. The molecule has 22 heavy (non-hydrogen) atoms. The third kappa shape index (κ3) is 2.59. The third-order valence-corrected chi connectivity index (χ3v) is 3.31. The number of hydrogen-bond donors (Lipinski definition) is 1. The highest BCUT2D eigenvalue weighted by molar-refractivity contribution is 6.54. The zero-order chi connectivity index (χ0) is 15.9. The van der Waals surface area contributed by atoms with Gasteiger partial charge >= 0.3 is 6.18 Å². The lowest BCUT2D eigenvalue weighted by Crippen LogP contribution is -2.14. The van der Waals surface area contributed by atoms with Crippen molar-refractivity contribution in [1.29, 1.82) is 0 Å². The molecular formula is C16H11F3N2O. The van der Waals surface area contributed by atoms with Crippen LogP contribution in [0.4, 0.5) is 24.5 Å². The fraction of sp³-hybridized carbons (Fsp3) is 0.125. The van der Waals surface area contributed by atoms with Gasteiger partial charge in [-0.3, -0.25) is 4.79 Å². The van der Waals surface area contributed by atoms with E-state index < -0.39 is 17.6 Å². The van der Waals surface area contributed by atoms with Gasteiger partial charge in [-0.2, -0.15) is 13.2 Å². The Morgan fingerprint density at radius 3 is 2.59 bits per heavy atom. The molecule has 1 amide bonds. The molecule has 0 saturated carbocycles. The van der Waals surface area contributed by atoms with Crippen LogP contribution in [0.1, 0.15) is 16.7 Å². The molecule has 0 aliphatic carbocycles. The summed E-state index contributed by atoms with van der Waals surface area (Å²) >= 11 is 0. The number of anilines is 1. The fourth-order valence-corrected chi connectivity index (χ4v) is 2.26. The Labute approximate surface area is 124 Å². The number of nitrogens with zero attached hydrogens (tertiary/aromatic N) is 1. The SMILES string of the molecule is Cc1ccc2c(c1)C(=Nc1cccc(C(F)(F)F)c1)C(=O)N2. The van der Waals surface area contributed by atoms with E-state index in [1.54, 1.807) is 12.1 Å². The van der Waals surface area contributed by atoms with E-state index in [1.807, 2.05) is 13.0 Å². The number of amides is 1. The highest BCUT2D eigenvalue weighted by atomic mass is 19.4. The first-order valence-corrected chi connectivity index (χ1v) is 6.53. The second-order valence-corrected chi connectivity index (χ2v) is 5.01. The standard InChI is InChI=1S/C16H11F3N2O/c1-9-5-6-13-12(7-9)14(15(22)21-13)20-11-4-2-3-10(8-11)16(17,18)19/h2-8H,1H3,(H,20,21,22). The van der Waals surface area contributed by atoms with Crippen LogP contribution >= 0.6 is 0 Å². The van der Waals surface area contributed by atoms with Crippen LogP contribution in [0.25, 0.3) is 0 Å². The van der Waals surface area contributed by atoms with Crippen molar-refractivity contribution in [2.75, 3.05) is 5.32 Å². The van der Waals surface area contributed by atoms with Crippen LogP contribution in [0.15, 0.2) is 47.5 Å². The van der Waals surface area contributed by atoms with E-state index in [9.17, 15) is 18.0 Å². The van der Waals surface area contributed by atoms with Crippen molar-refractivity contribution in [3.05, 3.63) is 59.2 Å². The first-order chi connectivity index (χ1) is 10.3. The van der Waals surface area contributed by atoms with Crippen LogP contribution in [0, 0.1) is 6.92 Å². The number of hydrogen-bond acceptors (Lipinski definition) is 2. The Bertz CT molecular complexity index is 794. The predicted molar refractivity (Wildman–Crippen MR) is 77.4 cm³/mol. The van der Waals surface area contributed by atoms with Crippen LogP contribution < -0.4 is 5.32 Å². The van der Waals surface area contributed by atoms with E-state index in [0.717, 1.165) is 17.7 Å². The van der Waals surface area contributed by atoms with E-state index in [1.165, 1.54) is 12.1 Å². The van der Waals surface area contributed by atoms with Gasteiger partial charge in [-0.25, -0.2) is 4.99 Å². The topological polar surface area (TPSA) is 41.5 Å². The molecule has 0 atom stereocenters. The van der Waals surface area contributed by atoms with Gasteiger partial charge in [0.05, 0.1) is 16.9 Å². The van der Waals surface area contributed by atoms with Gasteiger partial charge in [0, 0.05) is 5.56 Å². The maximum absolute atomic E-state index is 12.7. The molecule has 3 rings (SSSR count). The van der Waals surface area contributed by atoms with Crippen LogP contribution in [-0.4, -0.2) is 11.6 Å². The second kappa shape index (κ2) is 4.98. The minimum Gasteiger partial charge on any atom is -0.320 e. The van der Waals surface area contributed by atoms with Crippen molar-refractivity contribution < 1.29 is 18.0 Å². The molecule has 3 nitrogen and oxygen atoms in total. The van der Waals surface area contributed by atoms with Crippen molar-refractivity contribution in [3.63, 3.8) is 0 Å². The molecule has 0 unspecified atom stereocenters. The molecular weight excluding hydrogens is 293 g/mol. The number of fused-ring (bicyclic) bond motifs is 1. The molecule has 1 heterocycles. The summed E-state index contributed by atoms with van der Waals surface area (Å²) in [5.41, 5.74) is 1.57. The lowest BCUT2D eigenvalue weighted by molar-refractivity contribution is -0.137. The average Bonchev–Trinajstić information content (AvgIpc) is 2.75. The molecule has 0 spiro atoms. The normalized spacial score (nSPS) is 15.8. The highest BCUT2D eigenvalue weighted by Gasteiger charge is 2.31. The monoisotopic (exact) mass is 304 g/mol. The molecule has 1 N–H and O–H groups in total. The van der Waals surface area contributed by atoms with Crippen molar-refractivity contribution >= 4 is 23.0 Å². The third-order valence-electron chi connectivity index (χ3n) is 3.31. The van der Waals surface area contributed by atoms with Crippen LogP contribution in [-0.2, 0) is 11.0 Å². The van der Waals surface area contributed by atoms with E-state index in [2.05, 4.69) is 10.3 Å². The number of alkyl halides is 3. The fourth-order valence-electron chi connectivity index (χ4n) is 2.26. The van der Waals surface area contributed by atoms with Crippen molar-refractivity contribution in [2.24, 2.45) is 4.99 Å². The summed E-state index contributed by atoms with van der Waals surface area (Å²) < 4.78 is 38.2. The van der Waals surface area contributed by atoms with E-state index in [0.29, 0.717) is 11.3 Å². The first-order valence-electron chi connectivity index (χ1n) is 6.53. The number of rotatable bonds is 1. The molecule has 1 aliphatic rings. The molecule has 1 aliphatic heterocycles. The molecule has 2 aromatic carbocycles. The molecule has 0 fully saturated rings. The smallest absolute Gasteiger partial charge is 0.320 e. The van der Waals surface area contributed by atoms with Crippen molar-refractivity contribution in [3.8, 4) is 0 Å². The molecule has 0 radical (unpaired) electrons. The number of aryl methyl sites for hydroxylation is 1. The second-order valence-electron chi connectivity index (χ2n) is 5.01. The van der Waals surface area contributed by atoms with Crippen LogP contribution in [0.5, 0.6) is 0 Å². The van der Waals surface area contributed by atoms with Gasteiger partial charge in [-0.1, -0.05) is 17.7 Å². The predicted octanol–water partition coefficient (Wildman–Crippen LogP) is 4.09. The Morgan fingerprint density at radius 2 is 1.86 bits per heavy atom. The van der Waals surface area contributed by atoms with Gasteiger partial charge in [0.1, 0.15) is 5.71 Å². The number of carbonyl (C=O) groups is 1. The summed E-state index contributed by atoms with van der Waals surface area (Å²) in [6, 6.07) is 9.96. The van der Waals surface area contributed by atoms with E-state index in [4.69, 9.17) is 0 Å². The van der Waals surface area contributed by atoms with Gasteiger partial charge in [-0.15, -0.1) is 0 Å². The van der Waals surface area contributed by atoms with Gasteiger partial charge in [0.25, 0.3) is 5.91 Å². The lowest BCUT2D eigenvalue weighted by atomic mass is 10.1. The molecule has 2 aromatic rings. The number of aliphatic imine (C=N–C) groups is 1. The molecule has 0 bridgehead atoms. The van der Waals surface area contributed by atoms with Crippen LogP contribution in [0.2, 0.25) is 0 Å². The summed E-state index contributed by atoms with van der Waals surface area (Å²) in [6.45, 7) is 1.87.